The minimum Gasteiger partial charge on any atom is -0.444 e. The fourth-order valence-corrected chi connectivity index (χ4v) is 5.58. The Kier molecular flexibility index (Phi) is 7.21. The molecule has 2 aromatic heterocycles. The van der Waals surface area contributed by atoms with Crippen molar-refractivity contribution in [2.75, 3.05) is 25.1 Å². The van der Waals surface area contributed by atoms with E-state index in [4.69, 9.17) is 15.5 Å². The molecule has 8 nitrogen and oxygen atoms in total. The Balaban J connectivity index is 1.60. The molecule has 0 spiro atoms. The maximum atomic E-state index is 12.7. The summed E-state index contributed by atoms with van der Waals surface area (Å²) < 4.78 is 7.79. The van der Waals surface area contributed by atoms with Crippen molar-refractivity contribution in [3.63, 3.8) is 0 Å². The van der Waals surface area contributed by atoms with Gasteiger partial charge in [0.2, 0.25) is 0 Å². The van der Waals surface area contributed by atoms with Gasteiger partial charge in [-0.3, -0.25) is 4.40 Å². The zero-order chi connectivity index (χ0) is 28.8. The molecule has 1 aliphatic carbocycles. The number of carbonyl (C=O) groups excluding carboxylic acids is 1. The summed E-state index contributed by atoms with van der Waals surface area (Å²) in [6.07, 6.45) is 6.19. The van der Waals surface area contributed by atoms with E-state index in [0.29, 0.717) is 5.82 Å². The molecule has 0 saturated heterocycles. The summed E-state index contributed by atoms with van der Waals surface area (Å²) >= 11 is 0. The third-order valence-corrected chi connectivity index (χ3v) is 7.62. The van der Waals surface area contributed by atoms with Gasteiger partial charge in [-0.05, 0) is 57.1 Å². The SMILES string of the molecule is CNc1ccc(-c2nc(C(C)C)n3c(C4=CCC(N(C)C(=O)OC(C)(C)C)CC4)cnc(N)c23)c2ccccc12. The third kappa shape index (κ3) is 4.98. The van der Waals surface area contributed by atoms with Gasteiger partial charge in [0.1, 0.15) is 28.5 Å². The fourth-order valence-electron chi connectivity index (χ4n) is 5.58. The molecule has 1 aliphatic rings. The fraction of sp³-hybridized carbons (Fsp3) is 0.406. The van der Waals surface area contributed by atoms with Crippen LogP contribution in [-0.4, -0.2) is 51.1 Å². The highest BCUT2D eigenvalue weighted by molar-refractivity contribution is 6.06. The summed E-state index contributed by atoms with van der Waals surface area (Å²) in [5, 5.41) is 5.54. The van der Waals surface area contributed by atoms with Crippen LogP contribution in [0.5, 0.6) is 0 Å². The number of nitrogen functional groups attached to an aromatic ring is 1. The third-order valence-electron chi connectivity index (χ3n) is 7.62. The molecule has 0 saturated carbocycles. The Morgan fingerprint density at radius 2 is 1.90 bits per heavy atom. The van der Waals surface area contributed by atoms with E-state index in [-0.39, 0.29) is 18.1 Å². The lowest BCUT2D eigenvalue weighted by atomic mass is 9.92. The monoisotopic (exact) mass is 540 g/mol. The number of anilines is 2. The average molecular weight is 541 g/mol. The Bertz CT molecular complexity index is 1610. The van der Waals surface area contributed by atoms with Crippen LogP contribution in [0.1, 0.15) is 71.3 Å². The highest BCUT2D eigenvalue weighted by Crippen LogP contribution is 2.39. The van der Waals surface area contributed by atoms with Crippen LogP contribution in [0, 0.1) is 0 Å². The van der Waals surface area contributed by atoms with Gasteiger partial charge in [0.05, 0.1) is 11.9 Å². The summed E-state index contributed by atoms with van der Waals surface area (Å²) in [5.41, 5.74) is 12.0. The Hall–Kier alpha value is -4.07. The van der Waals surface area contributed by atoms with E-state index in [2.05, 4.69) is 71.0 Å². The van der Waals surface area contributed by atoms with Gasteiger partial charge < -0.3 is 20.7 Å². The van der Waals surface area contributed by atoms with Crippen LogP contribution in [0.3, 0.4) is 0 Å². The maximum absolute atomic E-state index is 12.7. The molecule has 4 aromatic rings. The smallest absolute Gasteiger partial charge is 0.410 e. The van der Waals surface area contributed by atoms with Crippen LogP contribution in [0.25, 0.3) is 33.1 Å². The van der Waals surface area contributed by atoms with E-state index in [1.165, 1.54) is 5.57 Å². The molecule has 0 bridgehead atoms. The molecule has 8 heteroatoms. The zero-order valence-corrected chi connectivity index (χ0v) is 24.6. The quantitative estimate of drug-likeness (QED) is 0.280. The number of ether oxygens (including phenoxy) is 1. The molecule has 1 unspecified atom stereocenters. The highest BCUT2D eigenvalue weighted by atomic mass is 16.6. The maximum Gasteiger partial charge on any atom is 0.410 e. The molecule has 0 aliphatic heterocycles. The Morgan fingerprint density at radius 1 is 1.18 bits per heavy atom. The first kappa shape index (κ1) is 27.5. The van der Waals surface area contributed by atoms with Gasteiger partial charge in [0, 0.05) is 42.7 Å². The molecule has 210 valence electrons. The number of hydrogen-bond acceptors (Lipinski definition) is 6. The number of nitrogens with zero attached hydrogens (tertiary/aromatic N) is 4. The normalized spacial score (nSPS) is 15.9. The van der Waals surface area contributed by atoms with Crippen molar-refractivity contribution in [3.05, 3.63) is 60.2 Å². The number of nitrogens with two attached hydrogens (primary N) is 1. The number of nitrogens with one attached hydrogen (secondary N) is 1. The summed E-state index contributed by atoms with van der Waals surface area (Å²) in [6.45, 7) is 9.98. The molecular weight excluding hydrogens is 500 g/mol. The van der Waals surface area contributed by atoms with Crippen LogP contribution in [0.4, 0.5) is 16.3 Å². The van der Waals surface area contributed by atoms with E-state index >= 15 is 0 Å². The highest BCUT2D eigenvalue weighted by Gasteiger charge is 2.29. The van der Waals surface area contributed by atoms with Crippen molar-refractivity contribution in [1.82, 2.24) is 19.3 Å². The number of benzene rings is 2. The molecule has 5 rings (SSSR count). The van der Waals surface area contributed by atoms with Gasteiger partial charge >= 0.3 is 6.09 Å². The first-order chi connectivity index (χ1) is 19.0. The minimum atomic E-state index is -0.521. The first-order valence-electron chi connectivity index (χ1n) is 14.0. The number of fused-ring (bicyclic) bond motifs is 2. The van der Waals surface area contributed by atoms with Gasteiger partial charge in [0.15, 0.2) is 0 Å². The molecule has 40 heavy (non-hydrogen) atoms. The summed E-state index contributed by atoms with van der Waals surface area (Å²) in [4.78, 5) is 24.2. The largest absolute Gasteiger partial charge is 0.444 e. The molecule has 1 atom stereocenters. The number of carbonyl (C=O) groups is 1. The summed E-state index contributed by atoms with van der Waals surface area (Å²) in [7, 11) is 3.76. The Labute approximate surface area is 236 Å². The molecule has 2 heterocycles. The van der Waals surface area contributed by atoms with Gasteiger partial charge in [-0.25, -0.2) is 14.8 Å². The van der Waals surface area contributed by atoms with Gasteiger partial charge in [-0.1, -0.05) is 50.3 Å². The Morgan fingerprint density at radius 3 is 2.52 bits per heavy atom. The number of imidazole rings is 1. The topological polar surface area (TPSA) is 97.8 Å². The van der Waals surface area contributed by atoms with Crippen LogP contribution in [-0.2, 0) is 4.74 Å². The van der Waals surface area contributed by atoms with Gasteiger partial charge in [-0.2, -0.15) is 0 Å². The van der Waals surface area contributed by atoms with E-state index in [1.54, 1.807) is 4.90 Å². The molecule has 0 radical (unpaired) electrons. The minimum absolute atomic E-state index is 0.0794. The summed E-state index contributed by atoms with van der Waals surface area (Å²) in [6, 6.07) is 12.6. The average Bonchev–Trinajstić information content (AvgIpc) is 3.33. The van der Waals surface area contributed by atoms with E-state index < -0.39 is 5.60 Å². The van der Waals surface area contributed by atoms with Crippen LogP contribution in [0.2, 0.25) is 0 Å². The van der Waals surface area contributed by atoms with Crippen LogP contribution in [0.15, 0.2) is 48.7 Å². The second-order valence-corrected chi connectivity index (χ2v) is 11.9. The van der Waals surface area contributed by atoms with Crippen LogP contribution < -0.4 is 11.1 Å². The van der Waals surface area contributed by atoms with E-state index in [1.807, 2.05) is 41.1 Å². The van der Waals surface area contributed by atoms with Crippen molar-refractivity contribution in [1.29, 1.82) is 0 Å². The van der Waals surface area contributed by atoms with Crippen molar-refractivity contribution >= 4 is 39.5 Å². The number of aromatic nitrogens is 3. The second kappa shape index (κ2) is 10.5. The van der Waals surface area contributed by atoms with E-state index in [0.717, 1.165) is 64.0 Å². The van der Waals surface area contributed by atoms with E-state index in [9.17, 15) is 4.79 Å². The molecule has 2 aromatic carbocycles. The summed E-state index contributed by atoms with van der Waals surface area (Å²) in [5.74, 6) is 1.57. The van der Waals surface area contributed by atoms with Crippen molar-refractivity contribution in [3.8, 4) is 11.3 Å². The lowest BCUT2D eigenvalue weighted by Gasteiger charge is -2.32. The number of allylic oxidation sites excluding steroid dienone is 1. The predicted molar refractivity (Wildman–Crippen MR) is 164 cm³/mol. The predicted octanol–water partition coefficient (Wildman–Crippen LogP) is 7.10. The van der Waals surface area contributed by atoms with Crippen molar-refractivity contribution < 1.29 is 9.53 Å². The molecule has 3 N–H and O–H groups in total. The molecule has 0 fully saturated rings. The molecular formula is C32H40N6O2. The van der Waals surface area contributed by atoms with Crippen molar-refractivity contribution in [2.24, 2.45) is 0 Å². The number of rotatable bonds is 5. The molecule has 1 amide bonds. The standard InChI is InChI=1S/C32H40N6O2/c1-19(2)30-36-27(24-16-17-25(34-6)23-11-9-8-10-22(23)24)28-29(33)35-18-26(38(28)30)20-12-14-21(15-13-20)37(7)31(39)40-32(3,4)5/h8-12,16-19,21,34H,13-15H2,1-7H3,(H2,33,35). The number of amides is 1. The lowest BCUT2D eigenvalue weighted by Crippen LogP contribution is -2.41. The number of hydrogen-bond donors (Lipinski definition) is 2. The second-order valence-electron chi connectivity index (χ2n) is 11.9. The zero-order valence-electron chi connectivity index (χ0n) is 24.6. The van der Waals surface area contributed by atoms with Crippen LogP contribution >= 0.6 is 0 Å². The van der Waals surface area contributed by atoms with Gasteiger partial charge in [0.25, 0.3) is 0 Å². The lowest BCUT2D eigenvalue weighted by molar-refractivity contribution is 0.0215. The van der Waals surface area contributed by atoms with Crippen molar-refractivity contribution in [2.45, 2.75) is 71.4 Å². The van der Waals surface area contributed by atoms with Gasteiger partial charge in [-0.15, -0.1) is 0 Å². The first-order valence-corrected chi connectivity index (χ1v) is 14.0.